The number of nitrogens with zero attached hydrogens (tertiary/aromatic N) is 2. The maximum absolute atomic E-state index is 11.5. The van der Waals surface area contributed by atoms with Crippen LogP contribution in [0.2, 0.25) is 0 Å². The van der Waals surface area contributed by atoms with Gasteiger partial charge in [-0.15, -0.1) is 11.3 Å². The van der Waals surface area contributed by atoms with Gasteiger partial charge < -0.3 is 0 Å². The summed E-state index contributed by atoms with van der Waals surface area (Å²) >= 11 is 1.87. The summed E-state index contributed by atoms with van der Waals surface area (Å²) < 4.78 is 24.6. The third kappa shape index (κ3) is 2.85. The molecule has 0 bridgehead atoms. The third-order valence-electron chi connectivity index (χ3n) is 4.13. The molecule has 0 saturated carbocycles. The minimum Gasteiger partial charge on any atom is -0.246 e. The lowest BCUT2D eigenvalue weighted by atomic mass is 9.99. The standard InChI is InChI=1S/C13H20N2O2S2/c1-19(16,17)15-8-6-10(7-9-15)13-14-11-4-2-3-5-12(11)18-13/h10H,2-9H2,1H3. The van der Waals surface area contributed by atoms with Crippen LogP contribution in [-0.2, 0) is 22.9 Å². The van der Waals surface area contributed by atoms with Gasteiger partial charge in [-0.2, -0.15) is 0 Å². The van der Waals surface area contributed by atoms with Crippen molar-refractivity contribution in [3.8, 4) is 0 Å². The molecule has 6 heteroatoms. The average molecular weight is 300 g/mol. The zero-order valence-corrected chi connectivity index (χ0v) is 12.9. The van der Waals surface area contributed by atoms with E-state index in [-0.39, 0.29) is 0 Å². The lowest BCUT2D eigenvalue weighted by Crippen LogP contribution is -2.37. The number of thiazole rings is 1. The summed E-state index contributed by atoms with van der Waals surface area (Å²) in [6.45, 7) is 1.29. The van der Waals surface area contributed by atoms with Gasteiger partial charge in [0.15, 0.2) is 0 Å². The van der Waals surface area contributed by atoms with Crippen molar-refractivity contribution in [2.24, 2.45) is 0 Å². The van der Waals surface area contributed by atoms with Gasteiger partial charge in [0.2, 0.25) is 10.0 Å². The van der Waals surface area contributed by atoms with E-state index < -0.39 is 10.0 Å². The highest BCUT2D eigenvalue weighted by Crippen LogP contribution is 2.35. The average Bonchev–Trinajstić information content (AvgIpc) is 2.81. The molecule has 4 nitrogen and oxygen atoms in total. The van der Waals surface area contributed by atoms with E-state index in [1.165, 1.54) is 41.1 Å². The quantitative estimate of drug-likeness (QED) is 0.841. The number of fused-ring (bicyclic) bond motifs is 1. The van der Waals surface area contributed by atoms with Crippen molar-refractivity contribution < 1.29 is 8.42 Å². The summed E-state index contributed by atoms with van der Waals surface area (Å²) in [5.41, 5.74) is 1.32. The molecule has 0 unspecified atom stereocenters. The van der Waals surface area contributed by atoms with Crippen molar-refractivity contribution in [3.63, 3.8) is 0 Å². The predicted octanol–water partition coefficient (Wildman–Crippen LogP) is 2.16. The second kappa shape index (κ2) is 5.14. The Kier molecular flexibility index (Phi) is 3.66. The van der Waals surface area contributed by atoms with E-state index in [0.717, 1.165) is 19.3 Å². The first-order valence-corrected chi connectivity index (χ1v) is 9.64. The summed E-state index contributed by atoms with van der Waals surface area (Å²) in [6, 6.07) is 0. The molecule has 0 radical (unpaired) electrons. The fourth-order valence-corrected chi connectivity index (χ4v) is 5.18. The van der Waals surface area contributed by atoms with Gasteiger partial charge in [0.25, 0.3) is 0 Å². The van der Waals surface area contributed by atoms with Crippen LogP contribution in [0.15, 0.2) is 0 Å². The number of hydrogen-bond acceptors (Lipinski definition) is 4. The summed E-state index contributed by atoms with van der Waals surface area (Å²) in [5.74, 6) is 0.466. The summed E-state index contributed by atoms with van der Waals surface area (Å²) in [7, 11) is -3.02. The van der Waals surface area contributed by atoms with Crippen LogP contribution < -0.4 is 0 Å². The molecular formula is C13H20N2O2S2. The Hall–Kier alpha value is -0.460. The number of piperidine rings is 1. The molecule has 3 rings (SSSR count). The Balaban J connectivity index is 1.70. The molecule has 2 heterocycles. The largest absolute Gasteiger partial charge is 0.246 e. The van der Waals surface area contributed by atoms with Crippen LogP contribution in [0.4, 0.5) is 0 Å². The molecule has 0 spiro atoms. The van der Waals surface area contributed by atoms with E-state index in [9.17, 15) is 8.42 Å². The molecular weight excluding hydrogens is 280 g/mol. The van der Waals surface area contributed by atoms with Crippen molar-refractivity contribution in [2.45, 2.75) is 44.4 Å². The Morgan fingerprint density at radius 1 is 1.21 bits per heavy atom. The van der Waals surface area contributed by atoms with Crippen molar-refractivity contribution in [1.82, 2.24) is 9.29 Å². The van der Waals surface area contributed by atoms with E-state index in [4.69, 9.17) is 4.98 Å². The zero-order chi connectivity index (χ0) is 13.5. The Morgan fingerprint density at radius 3 is 2.53 bits per heavy atom. The molecule has 1 aliphatic carbocycles. The van der Waals surface area contributed by atoms with Crippen LogP contribution in [0.3, 0.4) is 0 Å². The summed E-state index contributed by atoms with van der Waals surface area (Å²) in [6.07, 6.45) is 8.02. The molecule has 0 aromatic carbocycles. The lowest BCUT2D eigenvalue weighted by molar-refractivity contribution is 0.321. The van der Waals surface area contributed by atoms with Crippen molar-refractivity contribution in [1.29, 1.82) is 0 Å². The van der Waals surface area contributed by atoms with Gasteiger partial charge in [0.1, 0.15) is 0 Å². The second-order valence-corrected chi connectivity index (χ2v) is 8.66. The monoisotopic (exact) mass is 300 g/mol. The Bertz CT molecular complexity index is 534. The number of aryl methyl sites for hydroxylation is 2. The fourth-order valence-electron chi connectivity index (χ4n) is 2.98. The maximum atomic E-state index is 11.5. The molecule has 0 N–H and O–H groups in total. The van der Waals surface area contributed by atoms with Gasteiger partial charge in [-0.25, -0.2) is 17.7 Å². The molecule has 0 amide bonds. The molecule has 2 aliphatic rings. The number of hydrogen-bond donors (Lipinski definition) is 0. The van der Waals surface area contributed by atoms with E-state index >= 15 is 0 Å². The molecule has 1 fully saturated rings. The highest BCUT2D eigenvalue weighted by molar-refractivity contribution is 7.88. The smallest absolute Gasteiger partial charge is 0.211 e. The van der Waals surface area contributed by atoms with Gasteiger partial charge in [-0.1, -0.05) is 0 Å². The molecule has 106 valence electrons. The highest BCUT2D eigenvalue weighted by Gasteiger charge is 2.28. The predicted molar refractivity (Wildman–Crippen MR) is 77.1 cm³/mol. The second-order valence-electron chi connectivity index (χ2n) is 5.57. The molecule has 0 atom stereocenters. The molecule has 1 aromatic heterocycles. The number of aromatic nitrogens is 1. The van der Waals surface area contributed by atoms with Crippen molar-refractivity contribution in [2.75, 3.05) is 19.3 Å². The third-order valence-corrected chi connectivity index (χ3v) is 6.76. The van der Waals surface area contributed by atoms with Gasteiger partial charge in [0, 0.05) is 23.9 Å². The summed E-state index contributed by atoms with van der Waals surface area (Å²) in [5, 5.41) is 1.25. The van der Waals surface area contributed by atoms with Crippen molar-refractivity contribution >= 4 is 21.4 Å². The van der Waals surface area contributed by atoms with Gasteiger partial charge in [-0.05, 0) is 38.5 Å². The first kappa shape index (κ1) is 13.5. The molecule has 1 saturated heterocycles. The first-order valence-electron chi connectivity index (χ1n) is 6.97. The Morgan fingerprint density at radius 2 is 1.89 bits per heavy atom. The lowest BCUT2D eigenvalue weighted by Gasteiger charge is -2.29. The number of rotatable bonds is 2. The zero-order valence-electron chi connectivity index (χ0n) is 11.3. The Labute approximate surface area is 118 Å². The van der Waals surface area contributed by atoms with E-state index in [1.807, 2.05) is 11.3 Å². The van der Waals surface area contributed by atoms with E-state index in [2.05, 4.69) is 0 Å². The van der Waals surface area contributed by atoms with Gasteiger partial charge in [0.05, 0.1) is 17.0 Å². The van der Waals surface area contributed by atoms with Crippen LogP contribution in [-0.4, -0.2) is 37.1 Å². The number of sulfonamides is 1. The van der Waals surface area contributed by atoms with Crippen LogP contribution in [0.25, 0.3) is 0 Å². The molecule has 19 heavy (non-hydrogen) atoms. The van der Waals surface area contributed by atoms with Crippen LogP contribution >= 0.6 is 11.3 Å². The molecule has 1 aromatic rings. The van der Waals surface area contributed by atoms with E-state index in [0.29, 0.717) is 19.0 Å². The SMILES string of the molecule is CS(=O)(=O)N1CCC(c2nc3c(s2)CCCC3)CC1. The molecule has 1 aliphatic heterocycles. The van der Waals surface area contributed by atoms with Crippen LogP contribution in [0.5, 0.6) is 0 Å². The minimum atomic E-state index is -3.02. The normalized spacial score (nSPS) is 22.4. The maximum Gasteiger partial charge on any atom is 0.211 e. The first-order chi connectivity index (χ1) is 9.04. The summed E-state index contributed by atoms with van der Waals surface area (Å²) in [4.78, 5) is 6.29. The fraction of sp³-hybridized carbons (Fsp3) is 0.769. The topological polar surface area (TPSA) is 50.3 Å². The van der Waals surface area contributed by atoms with Gasteiger partial charge in [-0.3, -0.25) is 0 Å². The van der Waals surface area contributed by atoms with Crippen LogP contribution in [0.1, 0.15) is 47.2 Å². The van der Waals surface area contributed by atoms with Crippen molar-refractivity contribution in [3.05, 3.63) is 15.6 Å². The minimum absolute atomic E-state index is 0.466. The van der Waals surface area contributed by atoms with Gasteiger partial charge >= 0.3 is 0 Å². The van der Waals surface area contributed by atoms with Crippen LogP contribution in [0, 0.1) is 0 Å². The highest BCUT2D eigenvalue weighted by atomic mass is 32.2. The van der Waals surface area contributed by atoms with E-state index in [1.54, 1.807) is 4.31 Å².